The molecule has 0 N–H and O–H groups in total. The lowest BCUT2D eigenvalue weighted by atomic mass is 10.1. The zero-order valence-electron chi connectivity index (χ0n) is 14.9. The molecule has 1 saturated heterocycles. The van der Waals surface area contributed by atoms with Crippen molar-refractivity contribution in [3.05, 3.63) is 64.1 Å². The summed E-state index contributed by atoms with van der Waals surface area (Å²) >= 11 is 3.39. The first kappa shape index (κ1) is 20.7. The number of aryl methyl sites for hydroxylation is 1. The van der Waals surface area contributed by atoms with E-state index in [0.29, 0.717) is 25.3 Å². The lowest BCUT2D eigenvalue weighted by Gasteiger charge is -2.33. The molecule has 0 bridgehead atoms. The second-order valence-electron chi connectivity index (χ2n) is 6.41. The monoisotopic (exact) mass is 457 g/mol. The number of ether oxygens (including phenoxy) is 2. The van der Waals surface area contributed by atoms with Crippen LogP contribution in [-0.2, 0) is 16.0 Å². The average molecular weight is 458 g/mol. The van der Waals surface area contributed by atoms with Crippen molar-refractivity contribution >= 4 is 21.8 Å². The Kier molecular flexibility index (Phi) is 6.61. The molecular weight excluding hydrogens is 439 g/mol. The SMILES string of the molecule is O=C(CCc1ccccc1OC(F)(F)F)N1CCOC(c2ccc(Br)cc2)C1. The third kappa shape index (κ3) is 5.72. The van der Waals surface area contributed by atoms with Crippen molar-refractivity contribution in [1.29, 1.82) is 0 Å². The Morgan fingerprint density at radius 2 is 1.89 bits per heavy atom. The maximum atomic E-state index is 12.6. The number of carbonyl (C=O) groups is 1. The number of hydrogen-bond donors (Lipinski definition) is 0. The van der Waals surface area contributed by atoms with Crippen LogP contribution in [0.25, 0.3) is 0 Å². The van der Waals surface area contributed by atoms with Gasteiger partial charge in [0, 0.05) is 17.4 Å². The van der Waals surface area contributed by atoms with Gasteiger partial charge in [0.25, 0.3) is 0 Å². The van der Waals surface area contributed by atoms with Crippen molar-refractivity contribution in [2.75, 3.05) is 19.7 Å². The van der Waals surface area contributed by atoms with Gasteiger partial charge < -0.3 is 14.4 Å². The molecule has 0 aliphatic carbocycles. The average Bonchev–Trinajstić information content (AvgIpc) is 2.66. The summed E-state index contributed by atoms with van der Waals surface area (Å²) in [7, 11) is 0. The molecule has 3 rings (SSSR count). The van der Waals surface area contributed by atoms with E-state index in [-0.39, 0.29) is 30.6 Å². The molecule has 0 aromatic heterocycles. The van der Waals surface area contributed by atoms with Gasteiger partial charge >= 0.3 is 6.36 Å². The number of amides is 1. The van der Waals surface area contributed by atoms with Crippen molar-refractivity contribution in [1.82, 2.24) is 4.90 Å². The summed E-state index contributed by atoms with van der Waals surface area (Å²) in [4.78, 5) is 14.3. The van der Waals surface area contributed by atoms with Crippen LogP contribution in [0.4, 0.5) is 13.2 Å². The topological polar surface area (TPSA) is 38.8 Å². The largest absolute Gasteiger partial charge is 0.573 e. The minimum atomic E-state index is -4.76. The van der Waals surface area contributed by atoms with Gasteiger partial charge in [0.1, 0.15) is 11.9 Å². The molecule has 2 aromatic carbocycles. The molecule has 1 fully saturated rings. The normalized spacial score (nSPS) is 17.4. The summed E-state index contributed by atoms with van der Waals surface area (Å²) < 4.78 is 48.3. The fourth-order valence-corrected chi connectivity index (χ4v) is 3.35. The highest BCUT2D eigenvalue weighted by atomic mass is 79.9. The Bertz CT molecular complexity index is 811. The second-order valence-corrected chi connectivity index (χ2v) is 7.32. The van der Waals surface area contributed by atoms with E-state index in [9.17, 15) is 18.0 Å². The Morgan fingerprint density at radius 1 is 1.18 bits per heavy atom. The first-order valence-corrected chi connectivity index (χ1v) is 9.59. The Morgan fingerprint density at radius 3 is 2.61 bits per heavy atom. The van der Waals surface area contributed by atoms with Crippen LogP contribution in [0, 0.1) is 0 Å². The number of nitrogens with zero attached hydrogens (tertiary/aromatic N) is 1. The van der Waals surface area contributed by atoms with Gasteiger partial charge in [-0.15, -0.1) is 13.2 Å². The van der Waals surface area contributed by atoms with Crippen molar-refractivity contribution < 1.29 is 27.4 Å². The smallest absolute Gasteiger partial charge is 0.406 e. The highest BCUT2D eigenvalue weighted by Gasteiger charge is 2.32. The number of carbonyl (C=O) groups excluding carboxylic acids is 1. The van der Waals surface area contributed by atoms with Crippen molar-refractivity contribution in [3.63, 3.8) is 0 Å². The van der Waals surface area contributed by atoms with Gasteiger partial charge in [-0.25, -0.2) is 0 Å². The molecule has 28 heavy (non-hydrogen) atoms. The van der Waals surface area contributed by atoms with Crippen LogP contribution < -0.4 is 4.74 Å². The molecule has 150 valence electrons. The molecule has 8 heteroatoms. The first-order chi connectivity index (χ1) is 13.3. The van der Waals surface area contributed by atoms with Gasteiger partial charge in [0.05, 0.1) is 13.2 Å². The Labute approximate surface area is 169 Å². The minimum Gasteiger partial charge on any atom is -0.406 e. The van der Waals surface area contributed by atoms with Gasteiger partial charge in [-0.1, -0.05) is 46.3 Å². The minimum absolute atomic E-state index is 0.102. The van der Waals surface area contributed by atoms with E-state index in [2.05, 4.69) is 20.7 Å². The predicted octanol–water partition coefficient (Wildman–Crippen LogP) is 4.88. The van der Waals surface area contributed by atoms with Crippen molar-refractivity contribution in [2.45, 2.75) is 25.3 Å². The molecular formula is C20H19BrF3NO3. The van der Waals surface area contributed by atoms with Crippen LogP contribution in [-0.4, -0.2) is 36.9 Å². The van der Waals surface area contributed by atoms with E-state index in [4.69, 9.17) is 4.74 Å². The number of benzene rings is 2. The molecule has 0 saturated carbocycles. The van der Waals surface area contributed by atoms with Crippen molar-refractivity contribution in [2.24, 2.45) is 0 Å². The van der Waals surface area contributed by atoms with Crippen LogP contribution in [0.15, 0.2) is 53.0 Å². The predicted molar refractivity (Wildman–Crippen MR) is 101 cm³/mol. The van der Waals surface area contributed by atoms with Gasteiger partial charge in [0.15, 0.2) is 0 Å². The van der Waals surface area contributed by atoms with Crippen LogP contribution in [0.5, 0.6) is 5.75 Å². The van der Waals surface area contributed by atoms with E-state index >= 15 is 0 Å². The summed E-state index contributed by atoms with van der Waals surface area (Å²) in [6.45, 7) is 1.30. The van der Waals surface area contributed by atoms with E-state index < -0.39 is 6.36 Å². The van der Waals surface area contributed by atoms with Gasteiger partial charge in [-0.2, -0.15) is 0 Å². The quantitative estimate of drug-likeness (QED) is 0.642. The summed E-state index contributed by atoms with van der Waals surface area (Å²) in [5.41, 5.74) is 1.33. The van der Waals surface area contributed by atoms with Gasteiger partial charge in [0.2, 0.25) is 5.91 Å². The molecule has 1 amide bonds. The fourth-order valence-electron chi connectivity index (χ4n) is 3.09. The van der Waals surface area contributed by atoms with E-state index in [1.54, 1.807) is 11.0 Å². The number of morpholine rings is 1. The standard InChI is InChI=1S/C20H19BrF3NO3/c21-16-8-5-15(6-9-16)18-13-25(11-12-27-18)19(26)10-7-14-3-1-2-4-17(14)28-20(22,23)24/h1-6,8-9,18H,7,10-13H2. The lowest BCUT2D eigenvalue weighted by Crippen LogP contribution is -2.42. The summed E-state index contributed by atoms with van der Waals surface area (Å²) in [5.74, 6) is -0.385. The molecule has 1 unspecified atom stereocenters. The highest BCUT2D eigenvalue weighted by Crippen LogP contribution is 2.28. The van der Waals surface area contributed by atoms with E-state index in [1.807, 2.05) is 24.3 Å². The number of halogens is 4. The van der Waals surface area contributed by atoms with Gasteiger partial charge in [-0.3, -0.25) is 4.79 Å². The second kappa shape index (κ2) is 8.96. The number of rotatable bonds is 5. The maximum absolute atomic E-state index is 12.6. The summed E-state index contributed by atoms with van der Waals surface area (Å²) in [5, 5.41) is 0. The van der Waals surface area contributed by atoms with E-state index in [0.717, 1.165) is 10.0 Å². The fraction of sp³-hybridized carbons (Fsp3) is 0.350. The van der Waals surface area contributed by atoms with Crippen LogP contribution in [0.3, 0.4) is 0 Å². The first-order valence-electron chi connectivity index (χ1n) is 8.80. The van der Waals surface area contributed by atoms with Gasteiger partial charge in [-0.05, 0) is 35.7 Å². The van der Waals surface area contributed by atoms with Crippen LogP contribution >= 0.6 is 15.9 Å². The van der Waals surface area contributed by atoms with Crippen LogP contribution in [0.2, 0.25) is 0 Å². The van der Waals surface area contributed by atoms with E-state index in [1.165, 1.54) is 18.2 Å². The Balaban J connectivity index is 1.60. The number of alkyl halides is 3. The summed E-state index contributed by atoms with van der Waals surface area (Å²) in [6, 6.07) is 13.6. The molecule has 1 atom stereocenters. The lowest BCUT2D eigenvalue weighted by molar-refractivity contribution is -0.274. The molecule has 0 radical (unpaired) electrons. The molecule has 1 heterocycles. The molecule has 2 aromatic rings. The van der Waals surface area contributed by atoms with Crippen LogP contribution in [0.1, 0.15) is 23.7 Å². The number of para-hydroxylation sites is 1. The molecule has 1 aliphatic rings. The summed E-state index contributed by atoms with van der Waals surface area (Å²) in [6.07, 6.45) is -4.70. The molecule has 0 spiro atoms. The molecule has 4 nitrogen and oxygen atoms in total. The third-order valence-corrected chi connectivity index (χ3v) is 5.00. The Hall–Kier alpha value is -2.06. The maximum Gasteiger partial charge on any atom is 0.573 e. The third-order valence-electron chi connectivity index (χ3n) is 4.47. The zero-order chi connectivity index (χ0) is 20.1. The molecule has 1 aliphatic heterocycles. The zero-order valence-corrected chi connectivity index (χ0v) is 16.5. The number of hydrogen-bond acceptors (Lipinski definition) is 3. The highest BCUT2D eigenvalue weighted by molar-refractivity contribution is 9.10. The van der Waals surface area contributed by atoms with Crippen molar-refractivity contribution in [3.8, 4) is 5.75 Å².